The fraction of sp³-hybridized carbons (Fsp3) is 0.667. The fourth-order valence-electron chi connectivity index (χ4n) is 3.35. The van der Waals surface area contributed by atoms with Crippen LogP contribution in [0.1, 0.15) is 52.0 Å². The van der Waals surface area contributed by atoms with E-state index in [2.05, 4.69) is 17.2 Å². The van der Waals surface area contributed by atoms with E-state index in [1.54, 1.807) is 6.20 Å². The van der Waals surface area contributed by atoms with Crippen molar-refractivity contribution < 1.29 is 14.3 Å². The number of hydrogen-bond donors (Lipinski definition) is 1. The Balaban J connectivity index is 2.13. The van der Waals surface area contributed by atoms with Crippen LogP contribution in [0.15, 0.2) is 12.3 Å². The van der Waals surface area contributed by atoms with Gasteiger partial charge >= 0.3 is 0 Å². The minimum absolute atomic E-state index is 0.0590. The highest BCUT2D eigenvalue weighted by Crippen LogP contribution is 2.36. The van der Waals surface area contributed by atoms with E-state index in [9.17, 15) is 4.79 Å². The van der Waals surface area contributed by atoms with Crippen LogP contribution < -0.4 is 10.1 Å². The number of aryl methyl sites for hydroxylation is 1. The summed E-state index contributed by atoms with van der Waals surface area (Å²) in [5, 5.41) is 2.99. The summed E-state index contributed by atoms with van der Waals surface area (Å²) in [6, 6.07) is 1.89. The predicted molar refractivity (Wildman–Crippen MR) is 90.8 cm³/mol. The third-order valence-corrected chi connectivity index (χ3v) is 4.36. The Morgan fingerprint density at radius 2 is 2.22 bits per heavy atom. The molecule has 5 nitrogen and oxygen atoms in total. The molecule has 0 radical (unpaired) electrons. The van der Waals surface area contributed by atoms with Gasteiger partial charge in [-0.2, -0.15) is 0 Å². The molecule has 0 aliphatic heterocycles. The zero-order chi connectivity index (χ0) is 16.9. The number of amides is 1. The number of pyridine rings is 1. The first-order valence-corrected chi connectivity index (χ1v) is 8.55. The lowest BCUT2D eigenvalue weighted by Crippen LogP contribution is -2.48. The van der Waals surface area contributed by atoms with Crippen LogP contribution in [0.25, 0.3) is 0 Å². The maximum atomic E-state index is 12.9. The van der Waals surface area contributed by atoms with Gasteiger partial charge in [-0.25, -0.2) is 4.98 Å². The first kappa shape index (κ1) is 17.7. The van der Waals surface area contributed by atoms with Crippen molar-refractivity contribution >= 4 is 11.6 Å². The Bertz CT molecular complexity index is 543. The summed E-state index contributed by atoms with van der Waals surface area (Å²) in [4.78, 5) is 17.1. The monoisotopic (exact) mass is 320 g/mol. The fourth-order valence-corrected chi connectivity index (χ4v) is 3.35. The molecule has 0 bridgehead atoms. The second kappa shape index (κ2) is 7.77. The summed E-state index contributed by atoms with van der Waals surface area (Å²) in [5.74, 6) is 1.05. The van der Waals surface area contributed by atoms with Gasteiger partial charge in [0.05, 0.1) is 18.5 Å². The second-order valence-corrected chi connectivity index (χ2v) is 6.36. The number of aromatic nitrogens is 1. The zero-order valence-electron chi connectivity index (χ0n) is 14.6. The largest absolute Gasteiger partial charge is 0.478 e. The zero-order valence-corrected chi connectivity index (χ0v) is 14.6. The molecule has 1 fully saturated rings. The quantitative estimate of drug-likeness (QED) is 0.868. The molecule has 1 amide bonds. The van der Waals surface area contributed by atoms with Crippen molar-refractivity contribution in [1.82, 2.24) is 4.98 Å². The van der Waals surface area contributed by atoms with E-state index in [1.165, 1.54) is 0 Å². The summed E-state index contributed by atoms with van der Waals surface area (Å²) >= 11 is 0. The van der Waals surface area contributed by atoms with Gasteiger partial charge < -0.3 is 14.8 Å². The highest BCUT2D eigenvalue weighted by Gasteiger charge is 2.42. The van der Waals surface area contributed by atoms with Gasteiger partial charge in [0.2, 0.25) is 5.88 Å². The SMILES string of the molecule is CCOc1ncc(NC(=O)C2(OCC)CCCC(C)C2)cc1C. The average Bonchev–Trinajstić information content (AvgIpc) is 2.50. The lowest BCUT2D eigenvalue weighted by atomic mass is 9.78. The Labute approximate surface area is 138 Å². The van der Waals surface area contributed by atoms with Crippen LogP contribution in [0.2, 0.25) is 0 Å². The van der Waals surface area contributed by atoms with Crippen LogP contribution in [-0.2, 0) is 9.53 Å². The van der Waals surface area contributed by atoms with E-state index >= 15 is 0 Å². The van der Waals surface area contributed by atoms with Crippen molar-refractivity contribution in [2.45, 2.75) is 59.0 Å². The number of hydrogen-bond acceptors (Lipinski definition) is 4. The van der Waals surface area contributed by atoms with Gasteiger partial charge in [0.1, 0.15) is 5.60 Å². The average molecular weight is 320 g/mol. The maximum Gasteiger partial charge on any atom is 0.256 e. The smallest absolute Gasteiger partial charge is 0.256 e. The summed E-state index contributed by atoms with van der Waals surface area (Å²) in [6.07, 6.45) is 5.37. The molecule has 1 aliphatic carbocycles. The van der Waals surface area contributed by atoms with Crippen LogP contribution in [0.5, 0.6) is 5.88 Å². The Kier molecular flexibility index (Phi) is 5.99. The van der Waals surface area contributed by atoms with Gasteiger partial charge in [-0.15, -0.1) is 0 Å². The van der Waals surface area contributed by atoms with Gasteiger partial charge in [-0.05, 0) is 52.0 Å². The van der Waals surface area contributed by atoms with Gasteiger partial charge in [0.25, 0.3) is 5.91 Å². The Hall–Kier alpha value is -1.62. The maximum absolute atomic E-state index is 12.9. The Morgan fingerprint density at radius 3 is 2.83 bits per heavy atom. The minimum atomic E-state index is -0.709. The molecule has 1 aromatic heterocycles. The third-order valence-electron chi connectivity index (χ3n) is 4.36. The molecule has 0 spiro atoms. The first-order chi connectivity index (χ1) is 11.0. The summed E-state index contributed by atoms with van der Waals surface area (Å²) in [7, 11) is 0. The highest BCUT2D eigenvalue weighted by molar-refractivity contribution is 5.97. The van der Waals surface area contributed by atoms with Crippen molar-refractivity contribution in [3.63, 3.8) is 0 Å². The number of carbonyl (C=O) groups is 1. The van der Waals surface area contributed by atoms with E-state index in [0.717, 1.165) is 31.2 Å². The molecule has 0 aromatic carbocycles. The van der Waals surface area contributed by atoms with Crippen molar-refractivity contribution in [3.05, 3.63) is 17.8 Å². The number of anilines is 1. The lowest BCUT2D eigenvalue weighted by Gasteiger charge is -2.38. The van der Waals surface area contributed by atoms with Crippen LogP contribution >= 0.6 is 0 Å². The summed E-state index contributed by atoms with van der Waals surface area (Å²) in [6.45, 7) is 9.09. The van der Waals surface area contributed by atoms with Crippen molar-refractivity contribution in [1.29, 1.82) is 0 Å². The standard InChI is InChI=1S/C18H28N2O3/c1-5-22-16-14(4)10-15(12-19-16)20-17(21)18(23-6-2)9-7-8-13(3)11-18/h10,12-13H,5-9,11H2,1-4H3,(H,20,21). The van der Waals surface area contributed by atoms with Crippen LogP contribution in [-0.4, -0.2) is 29.7 Å². The van der Waals surface area contributed by atoms with Gasteiger partial charge in [0.15, 0.2) is 0 Å². The van der Waals surface area contributed by atoms with Gasteiger partial charge in [-0.1, -0.05) is 13.3 Å². The van der Waals surface area contributed by atoms with Crippen molar-refractivity contribution in [2.24, 2.45) is 5.92 Å². The first-order valence-electron chi connectivity index (χ1n) is 8.55. The van der Waals surface area contributed by atoms with Gasteiger partial charge in [0, 0.05) is 12.2 Å². The van der Waals surface area contributed by atoms with Crippen LogP contribution in [0, 0.1) is 12.8 Å². The molecular weight excluding hydrogens is 292 g/mol. The molecule has 128 valence electrons. The molecule has 5 heteroatoms. The molecule has 2 unspecified atom stereocenters. The van der Waals surface area contributed by atoms with Crippen molar-refractivity contribution in [3.8, 4) is 5.88 Å². The number of ether oxygens (including phenoxy) is 2. The number of carbonyl (C=O) groups excluding carboxylic acids is 1. The second-order valence-electron chi connectivity index (χ2n) is 6.36. The molecule has 1 saturated carbocycles. The van der Waals surface area contributed by atoms with E-state index in [4.69, 9.17) is 9.47 Å². The van der Waals surface area contributed by atoms with Crippen molar-refractivity contribution in [2.75, 3.05) is 18.5 Å². The lowest BCUT2D eigenvalue weighted by molar-refractivity contribution is -0.147. The van der Waals surface area contributed by atoms with E-state index in [-0.39, 0.29) is 5.91 Å². The molecule has 0 saturated heterocycles. The molecular formula is C18H28N2O3. The third kappa shape index (κ3) is 4.22. The van der Waals surface area contributed by atoms with Gasteiger partial charge in [-0.3, -0.25) is 4.79 Å². The molecule has 1 heterocycles. The topological polar surface area (TPSA) is 60.5 Å². The van der Waals surface area contributed by atoms with Crippen LogP contribution in [0.4, 0.5) is 5.69 Å². The molecule has 23 heavy (non-hydrogen) atoms. The Morgan fingerprint density at radius 1 is 1.43 bits per heavy atom. The molecule has 1 aromatic rings. The molecule has 1 aliphatic rings. The van der Waals surface area contributed by atoms with Crippen LogP contribution in [0.3, 0.4) is 0 Å². The van der Waals surface area contributed by atoms with E-state index < -0.39 is 5.60 Å². The summed E-state index contributed by atoms with van der Waals surface area (Å²) < 4.78 is 11.3. The molecule has 1 N–H and O–H groups in total. The highest BCUT2D eigenvalue weighted by atomic mass is 16.5. The molecule has 2 atom stereocenters. The molecule has 2 rings (SSSR count). The number of nitrogens with zero attached hydrogens (tertiary/aromatic N) is 1. The summed E-state index contributed by atoms with van der Waals surface area (Å²) in [5.41, 5.74) is 0.888. The minimum Gasteiger partial charge on any atom is -0.478 e. The number of rotatable bonds is 6. The van der Waals surface area contributed by atoms with E-state index in [1.807, 2.05) is 26.8 Å². The van der Waals surface area contributed by atoms with E-state index in [0.29, 0.717) is 30.7 Å². The predicted octanol–water partition coefficient (Wildman–Crippen LogP) is 3.71. The normalized spacial score (nSPS) is 24.3. The number of nitrogens with one attached hydrogen (secondary N) is 1.